The maximum absolute atomic E-state index is 6.16. The van der Waals surface area contributed by atoms with Crippen LogP contribution in [0.4, 0.5) is 5.82 Å². The third kappa shape index (κ3) is 4.81. The van der Waals surface area contributed by atoms with Crippen LogP contribution in [-0.2, 0) is 13.0 Å². The fourth-order valence-corrected chi connectivity index (χ4v) is 2.52. The van der Waals surface area contributed by atoms with E-state index < -0.39 is 0 Å². The average molecular weight is 352 g/mol. The molecule has 3 rings (SSSR count). The second kappa shape index (κ2) is 8.31. The number of hydrogen-bond acceptors (Lipinski definition) is 3. The number of ether oxygens (including phenoxy) is 1. The van der Waals surface area contributed by atoms with Gasteiger partial charge in [-0.1, -0.05) is 60.1 Å². The number of nitrogens with two attached hydrogens (primary N) is 1. The molecule has 2 aromatic carbocycles. The van der Waals surface area contributed by atoms with Gasteiger partial charge in [0.1, 0.15) is 12.4 Å². The highest BCUT2D eigenvalue weighted by atomic mass is 35.5. The van der Waals surface area contributed by atoms with Gasteiger partial charge in [-0.15, -0.1) is 0 Å². The second-order valence-corrected chi connectivity index (χ2v) is 5.88. The largest absolute Gasteiger partial charge is 0.485 e. The smallest absolute Gasteiger partial charge is 0.196 e. The van der Waals surface area contributed by atoms with Gasteiger partial charge in [0.15, 0.2) is 11.6 Å². The molecule has 1 aromatic heterocycles. The number of nitrogens with zero attached hydrogens (tertiary/aromatic N) is 2. The topological polar surface area (TPSA) is 60.5 Å². The number of rotatable bonds is 6. The van der Waals surface area contributed by atoms with Crippen LogP contribution in [0.1, 0.15) is 11.1 Å². The van der Waals surface area contributed by atoms with Crippen molar-refractivity contribution in [3.05, 3.63) is 89.1 Å². The summed E-state index contributed by atoms with van der Waals surface area (Å²) in [6.07, 6.45) is 2.22. The minimum absolute atomic E-state index is 0.340. The van der Waals surface area contributed by atoms with Gasteiger partial charge < -0.3 is 10.5 Å². The first-order chi connectivity index (χ1) is 12.2. The molecule has 0 aliphatic carbocycles. The van der Waals surface area contributed by atoms with Crippen molar-refractivity contribution in [2.24, 2.45) is 10.7 Å². The number of amidine groups is 1. The van der Waals surface area contributed by atoms with E-state index in [-0.39, 0.29) is 0 Å². The van der Waals surface area contributed by atoms with Crippen molar-refractivity contribution in [3.8, 4) is 5.75 Å². The summed E-state index contributed by atoms with van der Waals surface area (Å²) < 4.78 is 5.85. The van der Waals surface area contributed by atoms with E-state index in [1.54, 1.807) is 12.3 Å². The van der Waals surface area contributed by atoms with Gasteiger partial charge in [0.25, 0.3) is 0 Å². The minimum atomic E-state index is 0.340. The second-order valence-electron chi connectivity index (χ2n) is 5.47. The van der Waals surface area contributed by atoms with Crippen molar-refractivity contribution in [1.29, 1.82) is 0 Å². The molecule has 0 aliphatic rings. The predicted octanol–water partition coefficient (Wildman–Crippen LogP) is 4.55. The molecule has 0 unspecified atom stereocenters. The molecule has 0 fully saturated rings. The highest BCUT2D eigenvalue weighted by Gasteiger charge is 2.07. The molecule has 0 aliphatic heterocycles. The number of aromatic nitrogens is 1. The summed E-state index contributed by atoms with van der Waals surface area (Å²) in [4.78, 5) is 8.68. The number of pyridine rings is 1. The van der Waals surface area contributed by atoms with Gasteiger partial charge in [-0.05, 0) is 23.8 Å². The zero-order chi connectivity index (χ0) is 17.5. The molecule has 0 radical (unpaired) electrons. The molecule has 0 saturated carbocycles. The molecule has 3 aromatic rings. The highest BCUT2D eigenvalue weighted by molar-refractivity contribution is 6.31. The van der Waals surface area contributed by atoms with Gasteiger partial charge in [0.05, 0.1) is 0 Å². The summed E-state index contributed by atoms with van der Waals surface area (Å²) in [5, 5.41) is 0.667. The van der Waals surface area contributed by atoms with Gasteiger partial charge in [-0.2, -0.15) is 0 Å². The van der Waals surface area contributed by atoms with Crippen molar-refractivity contribution in [1.82, 2.24) is 4.98 Å². The fraction of sp³-hybridized carbons (Fsp3) is 0.100. The van der Waals surface area contributed by atoms with Crippen molar-refractivity contribution >= 4 is 23.3 Å². The van der Waals surface area contributed by atoms with Gasteiger partial charge in [-0.25, -0.2) is 9.98 Å². The van der Waals surface area contributed by atoms with E-state index >= 15 is 0 Å². The summed E-state index contributed by atoms with van der Waals surface area (Å²) in [6.45, 7) is 0.340. The molecule has 126 valence electrons. The molecule has 0 amide bonds. The van der Waals surface area contributed by atoms with Crippen LogP contribution < -0.4 is 10.5 Å². The summed E-state index contributed by atoms with van der Waals surface area (Å²) in [6, 6.07) is 21.1. The monoisotopic (exact) mass is 351 g/mol. The first-order valence-corrected chi connectivity index (χ1v) is 8.28. The Morgan fingerprint density at radius 2 is 1.76 bits per heavy atom. The Bertz CT molecular complexity index is 866. The SMILES string of the molecule is N/C(Cc1ccccc1)=N/c1ncccc1OCc1ccccc1Cl. The molecule has 4 nitrogen and oxygen atoms in total. The Morgan fingerprint density at radius 3 is 2.56 bits per heavy atom. The van der Waals surface area contributed by atoms with Crippen molar-refractivity contribution in [3.63, 3.8) is 0 Å². The summed E-state index contributed by atoms with van der Waals surface area (Å²) in [5.41, 5.74) is 8.07. The molecule has 0 saturated heterocycles. The lowest BCUT2D eigenvalue weighted by Crippen LogP contribution is -2.14. The van der Waals surface area contributed by atoms with E-state index in [9.17, 15) is 0 Å². The van der Waals surface area contributed by atoms with Crippen molar-refractivity contribution in [2.45, 2.75) is 13.0 Å². The summed E-state index contributed by atoms with van der Waals surface area (Å²) >= 11 is 6.16. The van der Waals surface area contributed by atoms with Crippen LogP contribution in [0.25, 0.3) is 0 Å². The summed E-state index contributed by atoms with van der Waals surface area (Å²) in [7, 11) is 0. The third-order valence-corrected chi connectivity index (χ3v) is 3.94. The molecule has 0 spiro atoms. The Balaban J connectivity index is 1.74. The molecule has 25 heavy (non-hydrogen) atoms. The van der Waals surface area contributed by atoms with Crippen LogP contribution in [0.5, 0.6) is 5.75 Å². The first kappa shape index (κ1) is 17.0. The molecule has 1 heterocycles. The molecule has 5 heteroatoms. The molecule has 2 N–H and O–H groups in total. The number of halogens is 1. The zero-order valence-electron chi connectivity index (χ0n) is 13.6. The Labute approximate surface area is 152 Å². The Kier molecular flexibility index (Phi) is 5.65. The van der Waals surface area contributed by atoms with Gasteiger partial charge in [0.2, 0.25) is 0 Å². The van der Waals surface area contributed by atoms with Crippen LogP contribution in [-0.4, -0.2) is 10.8 Å². The lowest BCUT2D eigenvalue weighted by molar-refractivity contribution is 0.306. The average Bonchev–Trinajstić information content (AvgIpc) is 2.63. The summed E-state index contributed by atoms with van der Waals surface area (Å²) in [5.74, 6) is 1.51. The van der Waals surface area contributed by atoms with E-state index in [4.69, 9.17) is 22.1 Å². The van der Waals surface area contributed by atoms with Crippen LogP contribution >= 0.6 is 11.6 Å². The van der Waals surface area contributed by atoms with Gasteiger partial charge >= 0.3 is 0 Å². The van der Waals surface area contributed by atoms with Crippen LogP contribution in [0.3, 0.4) is 0 Å². The van der Waals surface area contributed by atoms with E-state index in [0.717, 1.165) is 11.1 Å². The van der Waals surface area contributed by atoms with Crippen molar-refractivity contribution in [2.75, 3.05) is 0 Å². The van der Waals surface area contributed by atoms with E-state index in [1.807, 2.05) is 60.7 Å². The maximum atomic E-state index is 6.16. The third-order valence-electron chi connectivity index (χ3n) is 3.57. The molecular formula is C20H18ClN3O. The molecular weight excluding hydrogens is 334 g/mol. The van der Waals surface area contributed by atoms with Crippen LogP contribution in [0.2, 0.25) is 5.02 Å². The highest BCUT2D eigenvalue weighted by Crippen LogP contribution is 2.26. The normalized spacial score (nSPS) is 11.3. The maximum Gasteiger partial charge on any atom is 0.196 e. The van der Waals surface area contributed by atoms with Crippen molar-refractivity contribution < 1.29 is 4.74 Å². The number of hydrogen-bond donors (Lipinski definition) is 1. The van der Waals surface area contributed by atoms with Gasteiger partial charge in [-0.3, -0.25) is 0 Å². The van der Waals surface area contributed by atoms with Crippen LogP contribution in [0, 0.1) is 0 Å². The first-order valence-electron chi connectivity index (χ1n) is 7.90. The Hall–Kier alpha value is -2.85. The van der Waals surface area contributed by atoms with Crippen LogP contribution in [0.15, 0.2) is 77.9 Å². The minimum Gasteiger partial charge on any atom is -0.485 e. The number of benzene rings is 2. The standard InChI is InChI=1S/C20H18ClN3O/c21-17-10-5-4-9-16(17)14-25-18-11-6-12-23-20(18)24-19(22)13-15-7-2-1-3-8-15/h1-12H,13-14H2,(H2,22,23,24). The molecule has 0 bridgehead atoms. The number of aliphatic imine (C=N–C) groups is 1. The lowest BCUT2D eigenvalue weighted by Gasteiger charge is -2.10. The predicted molar refractivity (Wildman–Crippen MR) is 101 cm³/mol. The van der Waals surface area contributed by atoms with E-state index in [2.05, 4.69) is 9.98 Å². The Morgan fingerprint density at radius 1 is 1.00 bits per heavy atom. The quantitative estimate of drug-likeness (QED) is 0.523. The van der Waals surface area contributed by atoms with E-state index in [0.29, 0.717) is 35.5 Å². The lowest BCUT2D eigenvalue weighted by atomic mass is 10.1. The van der Waals surface area contributed by atoms with Gasteiger partial charge in [0, 0.05) is 23.2 Å². The van der Waals surface area contributed by atoms with E-state index in [1.165, 1.54) is 0 Å². The zero-order valence-corrected chi connectivity index (χ0v) is 14.4. The molecule has 0 atom stereocenters. The fourth-order valence-electron chi connectivity index (χ4n) is 2.33.